The number of fused-ring (bicyclic) bond motifs is 2. The minimum Gasteiger partial charge on any atom is -0.347 e. The van der Waals surface area contributed by atoms with Crippen LogP contribution in [-0.2, 0) is 17.8 Å². The molecule has 0 bridgehead atoms. The molecule has 174 valence electrons. The molecule has 3 aliphatic rings. The number of hydrogen-bond acceptors (Lipinski definition) is 2. The second-order valence-corrected chi connectivity index (χ2v) is 10.8. The van der Waals surface area contributed by atoms with E-state index in [2.05, 4.69) is 59.8 Å². The van der Waals surface area contributed by atoms with Crippen molar-refractivity contribution in [3.05, 3.63) is 35.5 Å². The maximum Gasteiger partial charge on any atom is 0.226 e. The molecule has 0 radical (unpaired) electrons. The van der Waals surface area contributed by atoms with Gasteiger partial charge in [0.15, 0.2) is 0 Å². The minimum atomic E-state index is 0.119. The number of likely N-dealkylation sites (tertiary alicyclic amines) is 1. The van der Waals surface area contributed by atoms with Gasteiger partial charge in [0.25, 0.3) is 0 Å². The number of aryl methyl sites for hydroxylation is 1. The van der Waals surface area contributed by atoms with Gasteiger partial charge in [0, 0.05) is 55.2 Å². The van der Waals surface area contributed by atoms with Crippen molar-refractivity contribution in [1.29, 1.82) is 0 Å². The quantitative estimate of drug-likeness (QED) is 0.573. The lowest BCUT2D eigenvalue weighted by Crippen LogP contribution is -2.52. The molecule has 1 saturated carbocycles. The zero-order valence-electron chi connectivity index (χ0n) is 20.4. The van der Waals surface area contributed by atoms with Gasteiger partial charge in [-0.05, 0) is 56.3 Å². The molecule has 2 fully saturated rings. The number of hydrogen-bond donors (Lipinski definition) is 0. The molecule has 1 aromatic heterocycles. The second-order valence-electron chi connectivity index (χ2n) is 10.8. The summed E-state index contributed by atoms with van der Waals surface area (Å²) < 4.78 is 2.48. The molecule has 4 heteroatoms. The van der Waals surface area contributed by atoms with E-state index in [1.807, 2.05) is 0 Å². The number of amides is 1. The molecule has 3 atom stereocenters. The van der Waals surface area contributed by atoms with E-state index < -0.39 is 0 Å². The fourth-order valence-electron chi connectivity index (χ4n) is 6.92. The Morgan fingerprint density at radius 3 is 2.69 bits per heavy atom. The van der Waals surface area contributed by atoms with Crippen molar-refractivity contribution >= 4 is 16.8 Å². The maximum absolute atomic E-state index is 13.6. The minimum absolute atomic E-state index is 0.119. The van der Waals surface area contributed by atoms with Crippen molar-refractivity contribution in [2.45, 2.75) is 95.7 Å². The zero-order valence-corrected chi connectivity index (χ0v) is 20.4. The summed E-state index contributed by atoms with van der Waals surface area (Å²) in [6, 6.07) is 7.86. The third kappa shape index (κ3) is 3.89. The van der Waals surface area contributed by atoms with E-state index in [-0.39, 0.29) is 5.92 Å². The molecule has 0 N–H and O–H groups in total. The number of aromatic nitrogens is 1. The number of rotatable bonds is 5. The van der Waals surface area contributed by atoms with Crippen LogP contribution in [0.4, 0.5) is 0 Å². The SMILES string of the molecule is CCCCn1cc2c3c(cccc31)C1C[C@@H](C(=O)N(C)C3CCCCCC3)CN(C)[C@@H]1C2. The highest BCUT2D eigenvalue weighted by Crippen LogP contribution is 2.45. The number of piperidine rings is 1. The molecule has 5 rings (SSSR count). The molecular weight excluding hydrogens is 394 g/mol. The van der Waals surface area contributed by atoms with Crippen LogP contribution < -0.4 is 0 Å². The van der Waals surface area contributed by atoms with Crippen LogP contribution in [0.2, 0.25) is 0 Å². The van der Waals surface area contributed by atoms with Crippen LogP contribution in [0, 0.1) is 5.92 Å². The van der Waals surface area contributed by atoms with Crippen LogP contribution in [0.5, 0.6) is 0 Å². The Morgan fingerprint density at radius 2 is 1.94 bits per heavy atom. The standard InChI is InChI=1S/C28H41N3O/c1-4-5-15-31-19-20-17-26-24(23-13-10-14-25(31)27(20)23)16-21(18-29(26)2)28(32)30(3)22-11-8-6-7-9-12-22/h10,13-14,19,21-22,24,26H,4-9,11-12,15-18H2,1-3H3/t21-,24?,26-/m1/s1. The number of likely N-dealkylation sites (N-methyl/N-ethyl adjacent to an activating group) is 1. The summed E-state index contributed by atoms with van der Waals surface area (Å²) in [7, 11) is 4.33. The first-order valence-corrected chi connectivity index (χ1v) is 13.2. The topological polar surface area (TPSA) is 28.5 Å². The number of nitrogens with zero attached hydrogens (tertiary/aromatic N) is 3. The zero-order chi connectivity index (χ0) is 22.2. The first-order chi connectivity index (χ1) is 15.6. The van der Waals surface area contributed by atoms with Gasteiger partial charge in [-0.1, -0.05) is 51.2 Å². The van der Waals surface area contributed by atoms with Crippen molar-refractivity contribution in [2.24, 2.45) is 5.92 Å². The van der Waals surface area contributed by atoms with Crippen molar-refractivity contribution in [3.8, 4) is 0 Å². The number of carbonyl (C=O) groups is 1. The molecule has 1 saturated heterocycles. The molecule has 1 amide bonds. The highest BCUT2D eigenvalue weighted by atomic mass is 16.2. The smallest absolute Gasteiger partial charge is 0.226 e. The normalized spacial score (nSPS) is 26.7. The Kier molecular flexibility index (Phi) is 6.33. The number of benzene rings is 1. The summed E-state index contributed by atoms with van der Waals surface area (Å²) in [6.45, 7) is 4.27. The molecular formula is C28H41N3O. The first-order valence-electron chi connectivity index (χ1n) is 13.2. The van der Waals surface area contributed by atoms with Crippen molar-refractivity contribution in [3.63, 3.8) is 0 Å². The summed E-state index contributed by atoms with van der Waals surface area (Å²) in [5.41, 5.74) is 4.40. The van der Waals surface area contributed by atoms with Gasteiger partial charge in [0.2, 0.25) is 5.91 Å². The highest BCUT2D eigenvalue weighted by Gasteiger charge is 2.42. The average molecular weight is 436 g/mol. The third-order valence-electron chi connectivity index (χ3n) is 8.74. The Morgan fingerprint density at radius 1 is 1.16 bits per heavy atom. The van der Waals surface area contributed by atoms with Crippen molar-refractivity contribution < 1.29 is 4.79 Å². The lowest BCUT2D eigenvalue weighted by atomic mass is 9.72. The van der Waals surface area contributed by atoms with Crippen molar-refractivity contribution in [1.82, 2.24) is 14.4 Å². The predicted molar refractivity (Wildman–Crippen MR) is 132 cm³/mol. The van der Waals surface area contributed by atoms with E-state index in [1.165, 1.54) is 73.4 Å². The van der Waals surface area contributed by atoms with Gasteiger partial charge in [0.05, 0.1) is 5.92 Å². The van der Waals surface area contributed by atoms with Crippen LogP contribution in [-0.4, -0.2) is 53.0 Å². The van der Waals surface area contributed by atoms with Crippen LogP contribution in [0.25, 0.3) is 10.9 Å². The molecule has 1 aromatic carbocycles. The second kappa shape index (κ2) is 9.21. The van der Waals surface area contributed by atoms with Gasteiger partial charge < -0.3 is 14.4 Å². The van der Waals surface area contributed by atoms with Crippen LogP contribution in [0.3, 0.4) is 0 Å². The monoisotopic (exact) mass is 435 g/mol. The van der Waals surface area contributed by atoms with E-state index in [4.69, 9.17) is 0 Å². The molecule has 32 heavy (non-hydrogen) atoms. The lowest BCUT2D eigenvalue weighted by molar-refractivity contribution is -0.139. The van der Waals surface area contributed by atoms with Gasteiger partial charge >= 0.3 is 0 Å². The number of carbonyl (C=O) groups excluding carboxylic acids is 1. The highest BCUT2D eigenvalue weighted by molar-refractivity contribution is 5.89. The average Bonchev–Trinajstić information content (AvgIpc) is 2.98. The predicted octanol–water partition coefficient (Wildman–Crippen LogP) is 5.58. The van der Waals surface area contributed by atoms with E-state index in [9.17, 15) is 4.79 Å². The fraction of sp³-hybridized carbons (Fsp3) is 0.679. The fourth-order valence-corrected chi connectivity index (χ4v) is 6.92. The molecule has 0 spiro atoms. The summed E-state index contributed by atoms with van der Waals surface area (Å²) in [4.78, 5) is 18.3. The van der Waals surface area contributed by atoms with Gasteiger partial charge in [-0.15, -0.1) is 0 Å². The van der Waals surface area contributed by atoms with Crippen molar-refractivity contribution in [2.75, 3.05) is 20.6 Å². The lowest BCUT2D eigenvalue weighted by Gasteiger charge is -2.46. The molecule has 4 nitrogen and oxygen atoms in total. The van der Waals surface area contributed by atoms with Crippen LogP contribution in [0.1, 0.15) is 81.8 Å². The molecule has 2 aliphatic carbocycles. The van der Waals surface area contributed by atoms with E-state index in [0.717, 1.165) is 25.9 Å². The van der Waals surface area contributed by atoms with Gasteiger partial charge in [-0.2, -0.15) is 0 Å². The third-order valence-corrected chi connectivity index (χ3v) is 8.74. The Bertz CT molecular complexity index is 955. The molecule has 1 aliphatic heterocycles. The van der Waals surface area contributed by atoms with Gasteiger partial charge in [-0.3, -0.25) is 4.79 Å². The van der Waals surface area contributed by atoms with Crippen LogP contribution in [0.15, 0.2) is 24.4 Å². The molecule has 2 heterocycles. The van der Waals surface area contributed by atoms with Crippen LogP contribution >= 0.6 is 0 Å². The van der Waals surface area contributed by atoms with Gasteiger partial charge in [0.1, 0.15) is 0 Å². The number of unbranched alkanes of at least 4 members (excludes halogenated alkanes) is 1. The summed E-state index contributed by atoms with van der Waals surface area (Å²) in [5, 5.41) is 1.49. The summed E-state index contributed by atoms with van der Waals surface area (Å²) in [6.07, 6.45) is 14.6. The Labute approximate surface area is 193 Å². The Hall–Kier alpha value is -1.81. The summed E-state index contributed by atoms with van der Waals surface area (Å²) >= 11 is 0. The Balaban J connectivity index is 1.41. The largest absolute Gasteiger partial charge is 0.347 e. The molecule has 1 unspecified atom stereocenters. The summed E-state index contributed by atoms with van der Waals surface area (Å²) in [5.74, 6) is 0.970. The molecule has 2 aromatic rings. The van der Waals surface area contributed by atoms with Gasteiger partial charge in [-0.25, -0.2) is 0 Å². The maximum atomic E-state index is 13.6. The van der Waals surface area contributed by atoms with E-state index >= 15 is 0 Å². The first kappa shape index (κ1) is 22.0. The van der Waals surface area contributed by atoms with E-state index in [0.29, 0.717) is 23.9 Å². The van der Waals surface area contributed by atoms with E-state index in [1.54, 1.807) is 0 Å².